The van der Waals surface area contributed by atoms with Crippen molar-refractivity contribution in [3.05, 3.63) is 16.6 Å². The summed E-state index contributed by atoms with van der Waals surface area (Å²) in [5.74, 6) is -0.481. The Hall–Kier alpha value is -1.87. The fourth-order valence-electron chi connectivity index (χ4n) is 4.39. The predicted octanol–water partition coefficient (Wildman–Crippen LogP) is 2.45. The van der Waals surface area contributed by atoms with Gasteiger partial charge in [-0.3, -0.25) is 0 Å². The van der Waals surface area contributed by atoms with Gasteiger partial charge in [-0.05, 0) is 33.1 Å². The molecule has 2 N–H and O–H groups in total. The first-order chi connectivity index (χ1) is 14.4. The van der Waals surface area contributed by atoms with Crippen LogP contribution < -0.4 is 5.73 Å². The predicted molar refractivity (Wildman–Crippen MR) is 107 cm³/mol. The molecular weight excluding hydrogens is 408 g/mol. The first kappa shape index (κ1) is 20.1. The van der Waals surface area contributed by atoms with Gasteiger partial charge in [0.15, 0.2) is 12.1 Å². The first-order valence-electron chi connectivity index (χ1n) is 10.1. The molecule has 0 aliphatic carbocycles. The average Bonchev–Trinajstić information content (AvgIpc) is 3.38. The molecule has 5 heterocycles. The van der Waals surface area contributed by atoms with E-state index in [1.54, 1.807) is 0 Å². The quantitative estimate of drug-likeness (QED) is 0.776. The van der Waals surface area contributed by atoms with Gasteiger partial charge in [0.05, 0.1) is 22.4 Å². The van der Waals surface area contributed by atoms with Gasteiger partial charge in [-0.1, -0.05) is 0 Å². The van der Waals surface area contributed by atoms with Crippen LogP contribution in [0.5, 0.6) is 0 Å². The maximum absolute atomic E-state index is 10.3. The van der Waals surface area contributed by atoms with Crippen LogP contribution in [0.4, 0.5) is 5.82 Å². The average molecular weight is 433 g/mol. The lowest BCUT2D eigenvalue weighted by Crippen LogP contribution is -2.39. The van der Waals surface area contributed by atoms with Crippen molar-refractivity contribution in [2.75, 3.05) is 18.9 Å². The lowest BCUT2D eigenvalue weighted by atomic mass is 9.93. The van der Waals surface area contributed by atoms with Gasteiger partial charge in [-0.25, -0.2) is 9.97 Å². The Balaban J connectivity index is 1.49. The highest BCUT2D eigenvalue weighted by molar-refractivity contribution is 7.11. The Bertz CT molecular complexity index is 985. The van der Waals surface area contributed by atoms with E-state index in [0.717, 1.165) is 19.3 Å². The van der Waals surface area contributed by atoms with Crippen molar-refractivity contribution in [1.29, 1.82) is 5.26 Å². The van der Waals surface area contributed by atoms with Crippen LogP contribution in [-0.4, -0.2) is 53.6 Å². The van der Waals surface area contributed by atoms with Crippen LogP contribution in [0.3, 0.4) is 0 Å². The molecule has 3 fully saturated rings. The molecule has 5 rings (SSSR count). The van der Waals surface area contributed by atoms with Gasteiger partial charge in [0.1, 0.15) is 36.5 Å². The summed E-state index contributed by atoms with van der Waals surface area (Å²) in [6.45, 7) is 4.61. The molecule has 0 saturated carbocycles. The molecule has 9 nitrogen and oxygen atoms in total. The lowest BCUT2D eigenvalue weighted by Gasteiger charge is -2.29. The molecule has 2 aromatic heterocycles. The standard InChI is InChI=1S/C20H24N4O5S/c1-19(2)28-15-12(7-26-13-5-3-4-6-25-13)27-20(9-21,16(15)29-19)17-14-11(8-30-17)18(22)24-10-23-14/h8,10,12-13,15-16H,3-7H2,1-2H3,(H2,22,23,24)/t12-,13?,15-,16-,20-/m1/s1. The highest BCUT2D eigenvalue weighted by Crippen LogP contribution is 2.52. The van der Waals surface area contributed by atoms with Crippen molar-refractivity contribution in [3.8, 4) is 6.07 Å². The molecule has 0 bridgehead atoms. The maximum atomic E-state index is 10.3. The van der Waals surface area contributed by atoms with E-state index in [2.05, 4.69) is 16.0 Å². The van der Waals surface area contributed by atoms with Crippen LogP contribution in [0.15, 0.2) is 11.7 Å². The number of hydrogen-bond acceptors (Lipinski definition) is 10. The zero-order valence-electron chi connectivity index (χ0n) is 16.9. The summed E-state index contributed by atoms with van der Waals surface area (Å²) in [5.41, 5.74) is 5.22. The molecule has 1 unspecified atom stereocenters. The number of nitriles is 1. The maximum Gasteiger partial charge on any atom is 0.220 e. The summed E-state index contributed by atoms with van der Waals surface area (Å²) >= 11 is 1.36. The summed E-state index contributed by atoms with van der Waals surface area (Å²) in [5, 5.41) is 12.9. The first-order valence-corrected chi connectivity index (χ1v) is 11.0. The molecule has 3 aliphatic rings. The van der Waals surface area contributed by atoms with Crippen molar-refractivity contribution < 1.29 is 23.7 Å². The SMILES string of the molecule is CC1(C)O[C@H]2[C@@H](O1)[C@](C#N)(c1scc3c(N)ncnc13)O[C@@H]2COC1CCCCO1. The third-order valence-electron chi connectivity index (χ3n) is 5.75. The number of rotatable bonds is 4. The van der Waals surface area contributed by atoms with Crippen molar-refractivity contribution in [2.45, 2.75) is 69.1 Å². The van der Waals surface area contributed by atoms with Crippen molar-refractivity contribution in [3.63, 3.8) is 0 Å². The second-order valence-corrected chi connectivity index (χ2v) is 9.12. The largest absolute Gasteiger partial charge is 0.383 e. The monoisotopic (exact) mass is 432 g/mol. The van der Waals surface area contributed by atoms with Crippen LogP contribution in [-0.2, 0) is 29.3 Å². The van der Waals surface area contributed by atoms with E-state index in [1.165, 1.54) is 17.7 Å². The lowest BCUT2D eigenvalue weighted by molar-refractivity contribution is -0.221. The number of nitrogens with two attached hydrogens (primary N) is 1. The second-order valence-electron chi connectivity index (χ2n) is 8.24. The van der Waals surface area contributed by atoms with E-state index in [0.29, 0.717) is 28.2 Å². The highest BCUT2D eigenvalue weighted by Gasteiger charge is 2.65. The zero-order chi connectivity index (χ0) is 20.9. The molecule has 3 saturated heterocycles. The molecule has 5 atom stereocenters. The molecule has 10 heteroatoms. The van der Waals surface area contributed by atoms with Crippen LogP contribution in [0.1, 0.15) is 38.0 Å². The minimum absolute atomic E-state index is 0.245. The topological polar surface area (TPSA) is 122 Å². The van der Waals surface area contributed by atoms with E-state index in [4.69, 9.17) is 29.4 Å². The molecular formula is C20H24N4O5S. The Morgan fingerprint density at radius 1 is 1.30 bits per heavy atom. The summed E-state index contributed by atoms with van der Waals surface area (Å²) < 4.78 is 30.3. The van der Waals surface area contributed by atoms with Crippen molar-refractivity contribution in [2.24, 2.45) is 0 Å². The summed E-state index contributed by atoms with van der Waals surface area (Å²) in [6, 6.07) is 2.36. The Morgan fingerprint density at radius 2 is 2.17 bits per heavy atom. The second kappa shape index (κ2) is 7.37. The van der Waals surface area contributed by atoms with Crippen molar-refractivity contribution >= 4 is 28.1 Å². The van der Waals surface area contributed by atoms with Crippen LogP contribution in [0.2, 0.25) is 0 Å². The highest BCUT2D eigenvalue weighted by atomic mass is 32.1. The molecule has 0 radical (unpaired) electrons. The molecule has 3 aliphatic heterocycles. The third kappa shape index (κ3) is 3.17. The fourth-order valence-corrected chi connectivity index (χ4v) is 5.52. The Labute approximate surface area is 178 Å². The van der Waals surface area contributed by atoms with Gasteiger partial charge in [0, 0.05) is 12.0 Å². The van der Waals surface area contributed by atoms with E-state index in [-0.39, 0.29) is 12.9 Å². The smallest absolute Gasteiger partial charge is 0.220 e. The minimum atomic E-state index is -1.38. The minimum Gasteiger partial charge on any atom is -0.383 e. The number of nitrogens with zero attached hydrogens (tertiary/aromatic N) is 3. The van der Waals surface area contributed by atoms with Gasteiger partial charge in [0.2, 0.25) is 5.60 Å². The Kier molecular flexibility index (Phi) is 4.93. The van der Waals surface area contributed by atoms with Crippen LogP contribution >= 0.6 is 11.3 Å². The number of hydrogen-bond donors (Lipinski definition) is 1. The van der Waals surface area contributed by atoms with E-state index >= 15 is 0 Å². The normalized spacial score (nSPS) is 35.4. The molecule has 0 aromatic carbocycles. The van der Waals surface area contributed by atoms with Gasteiger partial charge in [-0.15, -0.1) is 11.3 Å². The number of fused-ring (bicyclic) bond motifs is 2. The molecule has 0 amide bonds. The summed E-state index contributed by atoms with van der Waals surface area (Å²) in [7, 11) is 0. The Morgan fingerprint density at radius 3 is 2.93 bits per heavy atom. The summed E-state index contributed by atoms with van der Waals surface area (Å²) in [4.78, 5) is 9.06. The fraction of sp³-hybridized carbons (Fsp3) is 0.650. The molecule has 0 spiro atoms. The third-order valence-corrected chi connectivity index (χ3v) is 6.83. The van der Waals surface area contributed by atoms with Gasteiger partial charge in [-0.2, -0.15) is 5.26 Å². The van der Waals surface area contributed by atoms with E-state index in [9.17, 15) is 5.26 Å². The van der Waals surface area contributed by atoms with E-state index < -0.39 is 29.7 Å². The van der Waals surface area contributed by atoms with Gasteiger partial charge in [0.25, 0.3) is 0 Å². The molecule has 160 valence electrons. The van der Waals surface area contributed by atoms with Gasteiger partial charge >= 0.3 is 0 Å². The summed E-state index contributed by atoms with van der Waals surface area (Å²) in [6.07, 6.45) is 2.52. The number of anilines is 1. The van der Waals surface area contributed by atoms with Crippen LogP contribution in [0, 0.1) is 11.3 Å². The zero-order valence-corrected chi connectivity index (χ0v) is 17.7. The van der Waals surface area contributed by atoms with E-state index in [1.807, 2.05) is 19.2 Å². The van der Waals surface area contributed by atoms with Crippen LogP contribution in [0.25, 0.3) is 10.9 Å². The molecule has 30 heavy (non-hydrogen) atoms. The number of thiophene rings is 1. The number of ether oxygens (including phenoxy) is 5. The van der Waals surface area contributed by atoms with Crippen molar-refractivity contribution in [1.82, 2.24) is 9.97 Å². The molecule has 2 aromatic rings. The number of nitrogen functional groups attached to an aromatic ring is 1. The van der Waals surface area contributed by atoms with Gasteiger partial charge < -0.3 is 29.4 Å². The number of aromatic nitrogens is 2.